The summed E-state index contributed by atoms with van der Waals surface area (Å²) < 4.78 is 0. The molecule has 0 aromatic carbocycles. The topological polar surface area (TPSA) is 17.1 Å². The Labute approximate surface area is 169 Å². The van der Waals surface area contributed by atoms with Crippen LogP contribution in [0, 0.1) is 58.2 Å². The van der Waals surface area contributed by atoms with Gasteiger partial charge < -0.3 is 0 Å². The Morgan fingerprint density at radius 1 is 0.962 bits per heavy atom. The van der Waals surface area contributed by atoms with Crippen molar-refractivity contribution < 1.29 is 4.79 Å². The van der Waals surface area contributed by atoms with Crippen molar-refractivity contribution in [2.45, 2.75) is 79.6 Å². The number of alkyl halides is 1. The summed E-state index contributed by atoms with van der Waals surface area (Å²) >= 11 is 3.49. The first-order valence-corrected chi connectivity index (χ1v) is 12.4. The number of hydrogen-bond donors (Lipinski definition) is 0. The van der Waals surface area contributed by atoms with Crippen molar-refractivity contribution in [1.82, 2.24) is 0 Å². The Kier molecular flexibility index (Phi) is 4.94. The molecule has 0 spiro atoms. The van der Waals surface area contributed by atoms with Crippen LogP contribution in [0.15, 0.2) is 0 Å². The van der Waals surface area contributed by atoms with Crippen molar-refractivity contribution in [1.29, 1.82) is 0 Å². The highest BCUT2D eigenvalue weighted by atomic mass is 79.9. The van der Waals surface area contributed by atoms with Crippen molar-refractivity contribution >= 4 is 21.7 Å². The third kappa shape index (κ3) is 2.56. The Morgan fingerprint density at radius 3 is 2.35 bits per heavy atom. The third-order valence-electron chi connectivity index (χ3n) is 10.3. The van der Waals surface area contributed by atoms with Gasteiger partial charge in [0.15, 0.2) is 0 Å². The Bertz CT molecular complexity index is 573. The van der Waals surface area contributed by atoms with E-state index >= 15 is 0 Å². The lowest BCUT2D eigenvalue weighted by Crippen LogP contribution is -2.54. The number of rotatable bonds is 2. The summed E-state index contributed by atoms with van der Waals surface area (Å²) in [7, 11) is 0. The molecule has 0 radical (unpaired) electrons. The Hall–Kier alpha value is 0.150. The molecule has 9 unspecified atom stereocenters. The van der Waals surface area contributed by atoms with E-state index in [2.05, 4.69) is 50.5 Å². The van der Waals surface area contributed by atoms with E-state index in [1.165, 1.54) is 44.9 Å². The van der Waals surface area contributed by atoms with Gasteiger partial charge in [0, 0.05) is 5.92 Å². The van der Waals surface area contributed by atoms with E-state index in [1.54, 1.807) is 0 Å². The predicted octanol–water partition coefficient (Wildman–Crippen LogP) is 6.74. The summed E-state index contributed by atoms with van der Waals surface area (Å²) in [6.07, 6.45) is 9.92. The summed E-state index contributed by atoms with van der Waals surface area (Å²) in [6.45, 7) is 12.5. The number of fused-ring (bicyclic) bond motifs is 5. The van der Waals surface area contributed by atoms with Crippen LogP contribution in [0.1, 0.15) is 79.6 Å². The molecule has 4 saturated carbocycles. The Morgan fingerprint density at radius 2 is 1.65 bits per heavy atom. The second kappa shape index (κ2) is 6.60. The first kappa shape index (κ1) is 19.5. The monoisotopic (exact) mass is 422 g/mol. The molecule has 0 N–H and O–H groups in total. The number of carbonyl (C=O) groups is 1. The van der Waals surface area contributed by atoms with Crippen LogP contribution in [0.3, 0.4) is 0 Å². The molecule has 4 rings (SSSR count). The molecule has 0 amide bonds. The molecule has 26 heavy (non-hydrogen) atoms. The van der Waals surface area contributed by atoms with Gasteiger partial charge in [-0.1, -0.05) is 57.0 Å². The lowest BCUT2D eigenvalue weighted by atomic mass is 9.43. The minimum atomic E-state index is 0.246. The van der Waals surface area contributed by atoms with Gasteiger partial charge in [-0.05, 0) is 90.8 Å². The highest BCUT2D eigenvalue weighted by Crippen LogP contribution is 2.70. The van der Waals surface area contributed by atoms with E-state index in [9.17, 15) is 4.79 Å². The molecule has 148 valence electrons. The van der Waals surface area contributed by atoms with E-state index in [4.69, 9.17) is 0 Å². The van der Waals surface area contributed by atoms with Gasteiger partial charge in [0.05, 0.1) is 5.33 Å². The first-order valence-electron chi connectivity index (χ1n) is 11.3. The van der Waals surface area contributed by atoms with Crippen LogP contribution in [0.2, 0.25) is 0 Å². The van der Waals surface area contributed by atoms with Crippen molar-refractivity contribution in [3.8, 4) is 0 Å². The minimum Gasteiger partial charge on any atom is -0.298 e. The van der Waals surface area contributed by atoms with Crippen LogP contribution in [-0.2, 0) is 4.79 Å². The quantitative estimate of drug-likeness (QED) is 0.450. The number of hydrogen-bond acceptors (Lipinski definition) is 1. The van der Waals surface area contributed by atoms with Crippen LogP contribution in [0.4, 0.5) is 0 Å². The highest BCUT2D eigenvalue weighted by Gasteiger charge is 2.64. The lowest BCUT2D eigenvalue weighted by Gasteiger charge is -2.61. The average molecular weight is 423 g/mol. The molecule has 0 heterocycles. The number of carbonyl (C=O) groups excluding carboxylic acids is 1. The molecule has 0 bridgehead atoms. The summed E-state index contributed by atoms with van der Waals surface area (Å²) in [5, 5.41) is 0.544. The van der Waals surface area contributed by atoms with Crippen molar-refractivity contribution in [2.75, 3.05) is 5.33 Å². The highest BCUT2D eigenvalue weighted by molar-refractivity contribution is 9.09. The van der Waals surface area contributed by atoms with Crippen molar-refractivity contribution in [3.05, 3.63) is 0 Å². The van der Waals surface area contributed by atoms with Gasteiger partial charge in [0.2, 0.25) is 0 Å². The normalized spacial score (nSPS) is 56.4. The number of halogens is 1. The molecule has 2 heteroatoms. The maximum Gasteiger partial charge on any atom is 0.147 e. The van der Waals surface area contributed by atoms with E-state index in [0.29, 0.717) is 28.4 Å². The molecule has 4 aliphatic rings. The minimum absolute atomic E-state index is 0.246. The number of Topliss-reactive ketones (excluding diaryl/α,β-unsaturated/α-hetero) is 1. The smallest absolute Gasteiger partial charge is 0.147 e. The van der Waals surface area contributed by atoms with Crippen LogP contribution >= 0.6 is 15.9 Å². The summed E-state index contributed by atoms with van der Waals surface area (Å²) in [4.78, 5) is 12.9. The second-order valence-electron chi connectivity index (χ2n) is 11.3. The zero-order chi connectivity index (χ0) is 18.9. The van der Waals surface area contributed by atoms with Gasteiger partial charge in [-0.25, -0.2) is 0 Å². The average Bonchev–Trinajstić information content (AvgIpc) is 2.81. The maximum absolute atomic E-state index is 12.9. The van der Waals surface area contributed by atoms with Crippen LogP contribution in [-0.4, -0.2) is 11.1 Å². The summed E-state index contributed by atoms with van der Waals surface area (Å²) in [5.74, 6) is 6.44. The molecule has 4 aliphatic carbocycles. The van der Waals surface area contributed by atoms with Gasteiger partial charge in [-0.3, -0.25) is 4.79 Å². The largest absolute Gasteiger partial charge is 0.298 e. The van der Waals surface area contributed by atoms with Crippen molar-refractivity contribution in [2.24, 2.45) is 58.2 Å². The van der Waals surface area contributed by atoms with Gasteiger partial charge in [-0.15, -0.1) is 0 Å². The second-order valence-corrected chi connectivity index (χ2v) is 11.9. The van der Waals surface area contributed by atoms with Crippen LogP contribution < -0.4 is 0 Å². The maximum atomic E-state index is 12.9. The SMILES string of the molecule is CC1CCC2(C)C(CCC3C2CCC2(C)C(C(=O)CBr)C(C)[C@@H](C)C32)C1. The molecular formula is C24H39BrO. The zero-order valence-electron chi connectivity index (χ0n) is 17.6. The predicted molar refractivity (Wildman–Crippen MR) is 112 cm³/mol. The molecule has 0 saturated heterocycles. The van der Waals surface area contributed by atoms with E-state index in [-0.39, 0.29) is 11.3 Å². The van der Waals surface area contributed by atoms with Gasteiger partial charge in [0.1, 0.15) is 5.78 Å². The fourth-order valence-corrected chi connectivity index (χ4v) is 9.43. The summed E-state index contributed by atoms with van der Waals surface area (Å²) in [6, 6.07) is 0. The van der Waals surface area contributed by atoms with E-state index in [1.807, 2.05) is 0 Å². The number of ketones is 1. The van der Waals surface area contributed by atoms with Crippen LogP contribution in [0.5, 0.6) is 0 Å². The molecular weight excluding hydrogens is 384 g/mol. The molecule has 1 nitrogen and oxygen atoms in total. The van der Waals surface area contributed by atoms with E-state index < -0.39 is 0 Å². The fraction of sp³-hybridized carbons (Fsp3) is 0.958. The van der Waals surface area contributed by atoms with Crippen LogP contribution in [0.25, 0.3) is 0 Å². The molecule has 0 aromatic rings. The van der Waals surface area contributed by atoms with Crippen molar-refractivity contribution in [3.63, 3.8) is 0 Å². The fourth-order valence-electron chi connectivity index (χ4n) is 9.08. The molecule has 4 fully saturated rings. The van der Waals surface area contributed by atoms with Gasteiger partial charge in [0.25, 0.3) is 0 Å². The summed E-state index contributed by atoms with van der Waals surface area (Å²) in [5.41, 5.74) is 0.827. The lowest BCUT2D eigenvalue weighted by molar-refractivity contribution is -0.137. The molecule has 0 aromatic heterocycles. The standard InChI is InChI=1S/C24H39BrO/c1-14-8-10-23(4)17(12-14)6-7-18-19(23)9-11-24(5)21(18)15(2)16(3)22(24)20(26)13-25/h14-19,21-22H,6-13H2,1-5H3/t14?,15-,16?,17?,18?,19?,21?,22?,23?,24?/m1/s1. The van der Waals surface area contributed by atoms with E-state index in [0.717, 1.165) is 29.6 Å². The Balaban J connectivity index is 1.67. The first-order chi connectivity index (χ1) is 12.2. The van der Waals surface area contributed by atoms with Gasteiger partial charge in [-0.2, -0.15) is 0 Å². The van der Waals surface area contributed by atoms with Gasteiger partial charge >= 0.3 is 0 Å². The third-order valence-corrected chi connectivity index (χ3v) is 10.9. The molecule has 0 aliphatic heterocycles. The molecule has 10 atom stereocenters. The zero-order valence-corrected chi connectivity index (χ0v) is 19.1.